The molecule has 0 spiro atoms. The Balaban J connectivity index is 3.35. The summed E-state index contributed by atoms with van der Waals surface area (Å²) in [4.78, 5) is 10.8. The number of halogens is 1. The van der Waals surface area contributed by atoms with Gasteiger partial charge in [-0.3, -0.25) is 0 Å². The summed E-state index contributed by atoms with van der Waals surface area (Å²) in [7, 11) is 0. The molecule has 0 amide bonds. The van der Waals surface area contributed by atoms with E-state index in [0.29, 0.717) is 16.2 Å². The van der Waals surface area contributed by atoms with Gasteiger partial charge in [-0.25, -0.2) is 4.79 Å². The molecule has 1 N–H and O–H groups in total. The molecule has 0 fully saturated rings. The molecule has 0 saturated carbocycles. The van der Waals surface area contributed by atoms with Crippen molar-refractivity contribution >= 4 is 23.1 Å². The lowest BCUT2D eigenvalue weighted by Gasteiger charge is -2.04. The fourth-order valence-electron chi connectivity index (χ4n) is 1.07. The summed E-state index contributed by atoms with van der Waals surface area (Å²) in [5.74, 6) is -0.986. The normalized spacial score (nSPS) is 9.69. The summed E-state index contributed by atoms with van der Waals surface area (Å²) in [6, 6.07) is 4.74. The summed E-state index contributed by atoms with van der Waals surface area (Å²) >= 11 is 5.67. The summed E-state index contributed by atoms with van der Waals surface area (Å²) in [5, 5.41) is 9.26. The molecular formula is C10H9ClO2. The highest BCUT2D eigenvalue weighted by molar-refractivity contribution is 6.31. The Morgan fingerprint density at radius 3 is 2.54 bits per heavy atom. The molecule has 0 radical (unpaired) electrons. The van der Waals surface area contributed by atoms with Crippen molar-refractivity contribution in [2.24, 2.45) is 0 Å². The van der Waals surface area contributed by atoms with Gasteiger partial charge in [0.05, 0.1) is 5.56 Å². The van der Waals surface area contributed by atoms with E-state index in [1.54, 1.807) is 19.1 Å². The SMILES string of the molecule is C=C(C)c1ccc(Cl)cc1C(=O)O. The fraction of sp³-hybridized carbons (Fsp3) is 0.100. The number of hydrogen-bond donors (Lipinski definition) is 1. The van der Waals surface area contributed by atoms with Crippen molar-refractivity contribution in [2.45, 2.75) is 6.92 Å². The van der Waals surface area contributed by atoms with Gasteiger partial charge in [-0.05, 0) is 24.6 Å². The quantitative estimate of drug-likeness (QED) is 0.790. The van der Waals surface area contributed by atoms with Crippen LogP contribution >= 0.6 is 11.6 Å². The number of allylic oxidation sites excluding steroid dienone is 1. The number of carboxylic acid groups (broad SMARTS) is 1. The maximum Gasteiger partial charge on any atom is 0.336 e. The third kappa shape index (κ3) is 2.10. The Bertz CT molecular complexity index is 369. The van der Waals surface area contributed by atoms with Crippen LogP contribution in [-0.2, 0) is 0 Å². The molecule has 13 heavy (non-hydrogen) atoms. The minimum Gasteiger partial charge on any atom is -0.478 e. The molecule has 0 atom stereocenters. The smallest absolute Gasteiger partial charge is 0.336 e. The second-order valence-corrected chi connectivity index (χ2v) is 3.21. The molecule has 1 aromatic carbocycles. The van der Waals surface area contributed by atoms with Crippen LogP contribution in [0.15, 0.2) is 24.8 Å². The van der Waals surface area contributed by atoms with Crippen molar-refractivity contribution in [1.82, 2.24) is 0 Å². The van der Waals surface area contributed by atoms with Crippen molar-refractivity contribution in [1.29, 1.82) is 0 Å². The van der Waals surface area contributed by atoms with Crippen LogP contribution in [-0.4, -0.2) is 11.1 Å². The molecular weight excluding hydrogens is 188 g/mol. The third-order valence-electron chi connectivity index (χ3n) is 1.67. The van der Waals surface area contributed by atoms with Gasteiger partial charge in [-0.15, -0.1) is 0 Å². The molecule has 68 valence electrons. The molecule has 3 heteroatoms. The number of hydrogen-bond acceptors (Lipinski definition) is 1. The minimum absolute atomic E-state index is 0.194. The molecule has 0 bridgehead atoms. The fourth-order valence-corrected chi connectivity index (χ4v) is 1.24. The van der Waals surface area contributed by atoms with Gasteiger partial charge < -0.3 is 5.11 Å². The zero-order valence-electron chi connectivity index (χ0n) is 7.17. The first-order valence-corrected chi connectivity index (χ1v) is 4.09. The Morgan fingerprint density at radius 2 is 2.08 bits per heavy atom. The van der Waals surface area contributed by atoms with Crippen LogP contribution in [0.25, 0.3) is 5.57 Å². The second kappa shape index (κ2) is 3.62. The van der Waals surface area contributed by atoms with Gasteiger partial charge in [0, 0.05) is 5.02 Å². The maximum absolute atomic E-state index is 10.8. The summed E-state index contributed by atoms with van der Waals surface area (Å²) in [6.45, 7) is 5.45. The zero-order valence-corrected chi connectivity index (χ0v) is 7.93. The number of benzene rings is 1. The highest BCUT2D eigenvalue weighted by atomic mass is 35.5. The van der Waals surface area contributed by atoms with Crippen molar-refractivity contribution in [3.63, 3.8) is 0 Å². The highest BCUT2D eigenvalue weighted by Gasteiger charge is 2.10. The van der Waals surface area contributed by atoms with Crippen molar-refractivity contribution < 1.29 is 9.90 Å². The van der Waals surface area contributed by atoms with Gasteiger partial charge in [0.15, 0.2) is 0 Å². The van der Waals surface area contributed by atoms with Crippen LogP contribution in [0, 0.1) is 0 Å². The molecule has 1 aromatic rings. The molecule has 1 rings (SSSR count). The first-order chi connectivity index (χ1) is 6.02. The average molecular weight is 197 g/mol. The van der Waals surface area contributed by atoms with Crippen LogP contribution in [0.1, 0.15) is 22.8 Å². The monoisotopic (exact) mass is 196 g/mol. The van der Waals surface area contributed by atoms with Gasteiger partial charge in [-0.2, -0.15) is 0 Å². The van der Waals surface area contributed by atoms with Crippen molar-refractivity contribution in [3.05, 3.63) is 40.9 Å². The molecule has 0 heterocycles. The topological polar surface area (TPSA) is 37.3 Å². The molecule has 0 unspecified atom stereocenters. The molecule has 0 saturated heterocycles. The standard InChI is InChI=1S/C10H9ClO2/c1-6(2)8-4-3-7(11)5-9(8)10(12)13/h3-5H,1H2,2H3,(H,12,13). The summed E-state index contributed by atoms with van der Waals surface area (Å²) < 4.78 is 0. The van der Waals surface area contributed by atoms with Crippen molar-refractivity contribution in [2.75, 3.05) is 0 Å². The third-order valence-corrected chi connectivity index (χ3v) is 1.91. The molecule has 0 aliphatic heterocycles. The molecule has 0 aromatic heterocycles. The Labute approximate surface area is 81.5 Å². The van der Waals surface area contributed by atoms with E-state index < -0.39 is 5.97 Å². The lowest BCUT2D eigenvalue weighted by atomic mass is 10.0. The van der Waals surface area contributed by atoms with Gasteiger partial charge in [-0.1, -0.05) is 29.8 Å². The van der Waals surface area contributed by atoms with E-state index in [2.05, 4.69) is 6.58 Å². The predicted octanol–water partition coefficient (Wildman–Crippen LogP) is 3.07. The van der Waals surface area contributed by atoms with Crippen LogP contribution in [0.5, 0.6) is 0 Å². The second-order valence-electron chi connectivity index (χ2n) is 2.78. The Hall–Kier alpha value is -1.28. The maximum atomic E-state index is 10.8. The summed E-state index contributed by atoms with van der Waals surface area (Å²) in [6.07, 6.45) is 0. The minimum atomic E-state index is -0.986. The van der Waals surface area contributed by atoms with E-state index in [1.807, 2.05) is 0 Å². The van der Waals surface area contributed by atoms with E-state index in [-0.39, 0.29) is 5.56 Å². The average Bonchev–Trinajstić information content (AvgIpc) is 2.03. The van der Waals surface area contributed by atoms with Crippen LogP contribution in [0.3, 0.4) is 0 Å². The van der Waals surface area contributed by atoms with Crippen molar-refractivity contribution in [3.8, 4) is 0 Å². The van der Waals surface area contributed by atoms with E-state index in [4.69, 9.17) is 16.7 Å². The van der Waals surface area contributed by atoms with E-state index >= 15 is 0 Å². The number of aromatic carboxylic acids is 1. The van der Waals surface area contributed by atoms with Gasteiger partial charge in [0.1, 0.15) is 0 Å². The lowest BCUT2D eigenvalue weighted by Crippen LogP contribution is -2.00. The van der Waals surface area contributed by atoms with Gasteiger partial charge in [0.25, 0.3) is 0 Å². The Kier molecular flexibility index (Phi) is 2.73. The lowest BCUT2D eigenvalue weighted by molar-refractivity contribution is 0.0696. The van der Waals surface area contributed by atoms with Gasteiger partial charge >= 0.3 is 5.97 Å². The van der Waals surface area contributed by atoms with Gasteiger partial charge in [0.2, 0.25) is 0 Å². The largest absolute Gasteiger partial charge is 0.478 e. The highest BCUT2D eigenvalue weighted by Crippen LogP contribution is 2.21. The zero-order chi connectivity index (χ0) is 10.0. The van der Waals surface area contributed by atoms with Crippen LogP contribution < -0.4 is 0 Å². The van der Waals surface area contributed by atoms with E-state index in [1.165, 1.54) is 6.07 Å². The van der Waals surface area contributed by atoms with Crippen LogP contribution in [0.4, 0.5) is 0 Å². The first-order valence-electron chi connectivity index (χ1n) is 3.71. The number of rotatable bonds is 2. The predicted molar refractivity (Wildman–Crippen MR) is 53.1 cm³/mol. The Morgan fingerprint density at radius 1 is 1.46 bits per heavy atom. The van der Waals surface area contributed by atoms with E-state index in [0.717, 1.165) is 0 Å². The molecule has 2 nitrogen and oxygen atoms in total. The molecule has 0 aliphatic rings. The first kappa shape index (κ1) is 9.81. The molecule has 0 aliphatic carbocycles. The summed E-state index contributed by atoms with van der Waals surface area (Å²) in [5.41, 5.74) is 1.53. The number of carbonyl (C=O) groups is 1. The number of carboxylic acids is 1. The van der Waals surface area contributed by atoms with E-state index in [9.17, 15) is 4.79 Å². The van der Waals surface area contributed by atoms with Crippen LogP contribution in [0.2, 0.25) is 5.02 Å².